The normalized spacial score (nSPS) is 22.3. The molecule has 2 aliphatic rings. The van der Waals surface area contributed by atoms with Crippen molar-refractivity contribution in [3.05, 3.63) is 0 Å². The molecular weight excluding hydrogens is 334 g/mol. The summed E-state index contributed by atoms with van der Waals surface area (Å²) in [5, 5.41) is 4.98. The van der Waals surface area contributed by atoms with Gasteiger partial charge >= 0.3 is 6.03 Å². The van der Waals surface area contributed by atoms with Crippen molar-refractivity contribution in [1.82, 2.24) is 25.3 Å². The fraction of sp³-hybridized carbons (Fsp3) is 0.833. The number of hydrogen-bond acceptors (Lipinski definition) is 5. The van der Waals surface area contributed by atoms with Crippen LogP contribution in [0, 0.1) is 0 Å². The van der Waals surface area contributed by atoms with E-state index in [2.05, 4.69) is 22.5 Å². The standard InChI is InChI=1S/C18H33N5O3/c1-14(2)19-18(26)20-16(24)12-21-8-10-22(11-9-21)13-17(25)23-7-5-4-6-15(23)3/h14-15H,4-13H2,1-3H3,(H2,19,20,24,26)/t15-/m0/s1. The predicted molar refractivity (Wildman–Crippen MR) is 99.7 cm³/mol. The second kappa shape index (κ2) is 9.87. The Morgan fingerprint density at radius 1 is 0.962 bits per heavy atom. The molecule has 0 saturated carbocycles. The molecule has 0 aromatic rings. The van der Waals surface area contributed by atoms with Gasteiger partial charge in [0.05, 0.1) is 13.1 Å². The summed E-state index contributed by atoms with van der Waals surface area (Å²) in [6.07, 6.45) is 3.41. The van der Waals surface area contributed by atoms with Crippen molar-refractivity contribution < 1.29 is 14.4 Å². The van der Waals surface area contributed by atoms with Crippen LogP contribution in [0.5, 0.6) is 0 Å². The summed E-state index contributed by atoms with van der Waals surface area (Å²) in [6, 6.07) is -0.116. The molecule has 0 aromatic heterocycles. The zero-order chi connectivity index (χ0) is 19.1. The Morgan fingerprint density at radius 3 is 2.15 bits per heavy atom. The van der Waals surface area contributed by atoms with Crippen molar-refractivity contribution in [2.75, 3.05) is 45.8 Å². The van der Waals surface area contributed by atoms with E-state index in [-0.39, 0.29) is 24.4 Å². The van der Waals surface area contributed by atoms with Crippen LogP contribution in [0.1, 0.15) is 40.0 Å². The van der Waals surface area contributed by atoms with E-state index in [0.29, 0.717) is 12.6 Å². The number of carbonyl (C=O) groups is 3. The maximum Gasteiger partial charge on any atom is 0.321 e. The molecule has 8 heteroatoms. The van der Waals surface area contributed by atoms with Gasteiger partial charge in [-0.1, -0.05) is 0 Å². The molecule has 8 nitrogen and oxygen atoms in total. The maximum absolute atomic E-state index is 12.5. The fourth-order valence-corrected chi connectivity index (χ4v) is 3.52. The Morgan fingerprint density at radius 2 is 1.58 bits per heavy atom. The lowest BCUT2D eigenvalue weighted by Gasteiger charge is -2.37. The molecule has 0 unspecified atom stereocenters. The average molecular weight is 367 g/mol. The molecule has 0 bridgehead atoms. The number of nitrogens with zero attached hydrogens (tertiary/aromatic N) is 3. The summed E-state index contributed by atoms with van der Waals surface area (Å²) < 4.78 is 0. The van der Waals surface area contributed by atoms with E-state index in [1.165, 1.54) is 6.42 Å². The lowest BCUT2D eigenvalue weighted by atomic mass is 10.0. The van der Waals surface area contributed by atoms with Gasteiger partial charge in [0.1, 0.15) is 0 Å². The largest absolute Gasteiger partial charge is 0.339 e. The average Bonchev–Trinajstić information content (AvgIpc) is 2.56. The zero-order valence-electron chi connectivity index (χ0n) is 16.3. The Bertz CT molecular complexity index is 503. The number of nitrogens with one attached hydrogen (secondary N) is 2. The third-order valence-corrected chi connectivity index (χ3v) is 4.99. The predicted octanol–water partition coefficient (Wildman–Crippen LogP) is 0.239. The number of piperidine rings is 1. The van der Waals surface area contributed by atoms with Gasteiger partial charge in [-0.25, -0.2) is 4.79 Å². The molecule has 2 fully saturated rings. The molecule has 0 radical (unpaired) electrons. The van der Waals surface area contributed by atoms with Crippen LogP contribution in [0.4, 0.5) is 4.79 Å². The molecule has 0 aromatic carbocycles. The summed E-state index contributed by atoms with van der Waals surface area (Å²) in [5.74, 6) is -0.0800. The first-order valence-corrected chi connectivity index (χ1v) is 9.69. The van der Waals surface area contributed by atoms with Gasteiger partial charge in [0.2, 0.25) is 11.8 Å². The Kier molecular flexibility index (Phi) is 7.84. The van der Waals surface area contributed by atoms with Crippen LogP contribution in [0.2, 0.25) is 0 Å². The lowest BCUT2D eigenvalue weighted by Crippen LogP contribution is -2.54. The third-order valence-electron chi connectivity index (χ3n) is 4.99. The highest BCUT2D eigenvalue weighted by Gasteiger charge is 2.26. The Labute approximate surface area is 156 Å². The maximum atomic E-state index is 12.5. The Balaban J connectivity index is 1.67. The number of imide groups is 1. The van der Waals surface area contributed by atoms with E-state index < -0.39 is 6.03 Å². The minimum absolute atomic E-state index is 0.00787. The van der Waals surface area contributed by atoms with Gasteiger partial charge in [-0.15, -0.1) is 0 Å². The Hall–Kier alpha value is -1.67. The van der Waals surface area contributed by atoms with Gasteiger partial charge in [0, 0.05) is 44.8 Å². The van der Waals surface area contributed by atoms with E-state index in [9.17, 15) is 14.4 Å². The summed E-state index contributed by atoms with van der Waals surface area (Å²) in [5.41, 5.74) is 0. The molecule has 2 rings (SSSR count). The number of urea groups is 1. The van der Waals surface area contributed by atoms with Crippen molar-refractivity contribution in [1.29, 1.82) is 0 Å². The number of piperazine rings is 1. The van der Waals surface area contributed by atoms with Crippen LogP contribution in [-0.2, 0) is 9.59 Å². The van der Waals surface area contributed by atoms with Crippen molar-refractivity contribution in [2.24, 2.45) is 0 Å². The first-order chi connectivity index (χ1) is 12.3. The first-order valence-electron chi connectivity index (χ1n) is 9.69. The third kappa shape index (κ3) is 6.57. The van der Waals surface area contributed by atoms with Crippen LogP contribution >= 0.6 is 0 Å². The molecule has 0 aliphatic carbocycles. The summed E-state index contributed by atoms with van der Waals surface area (Å²) in [6.45, 7) is 10.3. The molecular formula is C18H33N5O3. The number of carbonyl (C=O) groups excluding carboxylic acids is 3. The molecule has 1 atom stereocenters. The fourth-order valence-electron chi connectivity index (χ4n) is 3.52. The quantitative estimate of drug-likeness (QED) is 0.727. The molecule has 4 amide bonds. The smallest absolute Gasteiger partial charge is 0.321 e. The minimum Gasteiger partial charge on any atom is -0.339 e. The number of likely N-dealkylation sites (tertiary alicyclic amines) is 1. The summed E-state index contributed by atoms with van der Waals surface area (Å²) in [7, 11) is 0. The topological polar surface area (TPSA) is 85.0 Å². The highest BCUT2D eigenvalue weighted by molar-refractivity contribution is 5.95. The minimum atomic E-state index is -0.454. The molecule has 26 heavy (non-hydrogen) atoms. The molecule has 2 aliphatic heterocycles. The number of hydrogen-bond donors (Lipinski definition) is 2. The molecule has 0 spiro atoms. The van der Waals surface area contributed by atoms with Crippen LogP contribution in [0.25, 0.3) is 0 Å². The van der Waals surface area contributed by atoms with Gasteiger partial charge in [0.15, 0.2) is 0 Å². The zero-order valence-corrected chi connectivity index (χ0v) is 16.3. The highest BCUT2D eigenvalue weighted by atomic mass is 16.2. The van der Waals surface area contributed by atoms with Gasteiger partial charge in [-0.05, 0) is 40.0 Å². The second-order valence-electron chi connectivity index (χ2n) is 7.66. The van der Waals surface area contributed by atoms with E-state index >= 15 is 0 Å². The highest BCUT2D eigenvalue weighted by Crippen LogP contribution is 2.16. The summed E-state index contributed by atoms with van der Waals surface area (Å²) >= 11 is 0. The lowest BCUT2D eigenvalue weighted by molar-refractivity contribution is -0.136. The first kappa shape index (κ1) is 20.6. The molecule has 2 N–H and O–H groups in total. The monoisotopic (exact) mass is 367 g/mol. The van der Waals surface area contributed by atoms with E-state index in [0.717, 1.165) is 45.6 Å². The van der Waals surface area contributed by atoms with Crippen LogP contribution in [-0.4, -0.2) is 90.4 Å². The second-order valence-corrected chi connectivity index (χ2v) is 7.66. The van der Waals surface area contributed by atoms with Crippen LogP contribution < -0.4 is 10.6 Å². The van der Waals surface area contributed by atoms with Gasteiger partial charge < -0.3 is 10.2 Å². The summed E-state index contributed by atoms with van der Waals surface area (Å²) in [4.78, 5) is 42.2. The number of amides is 4. The van der Waals surface area contributed by atoms with Crippen molar-refractivity contribution in [3.8, 4) is 0 Å². The van der Waals surface area contributed by atoms with Crippen molar-refractivity contribution >= 4 is 17.8 Å². The van der Waals surface area contributed by atoms with Crippen molar-refractivity contribution in [3.63, 3.8) is 0 Å². The van der Waals surface area contributed by atoms with E-state index in [4.69, 9.17) is 0 Å². The molecule has 148 valence electrons. The van der Waals surface area contributed by atoms with Crippen LogP contribution in [0.15, 0.2) is 0 Å². The van der Waals surface area contributed by atoms with Gasteiger partial charge in [-0.2, -0.15) is 0 Å². The van der Waals surface area contributed by atoms with Gasteiger partial charge in [-0.3, -0.25) is 24.7 Å². The van der Waals surface area contributed by atoms with E-state index in [1.807, 2.05) is 23.6 Å². The van der Waals surface area contributed by atoms with Crippen molar-refractivity contribution in [2.45, 2.75) is 52.1 Å². The van der Waals surface area contributed by atoms with Gasteiger partial charge in [0.25, 0.3) is 0 Å². The molecule has 2 saturated heterocycles. The van der Waals surface area contributed by atoms with E-state index in [1.54, 1.807) is 0 Å². The number of rotatable bonds is 5. The molecule has 2 heterocycles. The SMILES string of the molecule is CC(C)NC(=O)NC(=O)CN1CCN(CC(=O)N2CCCC[C@@H]2C)CC1. The van der Waals surface area contributed by atoms with Crippen LogP contribution in [0.3, 0.4) is 0 Å².